The van der Waals surface area contributed by atoms with Gasteiger partial charge >= 0.3 is 5.69 Å². The van der Waals surface area contributed by atoms with Crippen LogP contribution in [-0.4, -0.2) is 9.55 Å². The van der Waals surface area contributed by atoms with Gasteiger partial charge in [-0.15, -0.1) is 0 Å². The molecule has 0 amide bonds. The summed E-state index contributed by atoms with van der Waals surface area (Å²) in [5.74, 6) is 0. The fraction of sp³-hybridized carbons (Fsp3) is 0. The number of rotatable bonds is 1. The Labute approximate surface area is 114 Å². The Hall–Kier alpha value is -1.84. The van der Waals surface area contributed by atoms with Crippen LogP contribution in [0.4, 0.5) is 0 Å². The van der Waals surface area contributed by atoms with Crippen LogP contribution in [0.3, 0.4) is 0 Å². The first kappa shape index (κ1) is 12.6. The molecular weight excluding hydrogens is 321 g/mol. The van der Waals surface area contributed by atoms with E-state index < -0.39 is 11.2 Å². The van der Waals surface area contributed by atoms with Crippen LogP contribution in [0.2, 0.25) is 5.02 Å². The maximum absolute atomic E-state index is 11.7. The van der Waals surface area contributed by atoms with Crippen molar-refractivity contribution < 1.29 is 0 Å². The van der Waals surface area contributed by atoms with Crippen LogP contribution in [0, 0.1) is 11.3 Å². The standard InChI is InChI=1S/C11H5BrClN3O2/c12-8-2-1-7(13)3-9(8)16-5-6(4-14)10(17)15-11(16)18/h1-3,5H,(H,15,17,18). The molecular formula is C11H5BrClN3O2. The Balaban J connectivity index is 2.80. The van der Waals surface area contributed by atoms with Crippen molar-refractivity contribution in [2.45, 2.75) is 0 Å². The molecule has 2 rings (SSSR count). The predicted molar refractivity (Wildman–Crippen MR) is 70.1 cm³/mol. The molecule has 0 unspecified atom stereocenters. The van der Waals surface area contributed by atoms with Crippen LogP contribution >= 0.6 is 27.5 Å². The summed E-state index contributed by atoms with van der Waals surface area (Å²) in [6.45, 7) is 0. The minimum Gasteiger partial charge on any atom is -0.273 e. The van der Waals surface area contributed by atoms with Gasteiger partial charge in [0, 0.05) is 15.7 Å². The summed E-state index contributed by atoms with van der Waals surface area (Å²) >= 11 is 9.12. The van der Waals surface area contributed by atoms with Gasteiger partial charge < -0.3 is 0 Å². The zero-order valence-electron chi connectivity index (χ0n) is 8.78. The third-order valence-electron chi connectivity index (χ3n) is 2.23. The number of nitriles is 1. The monoisotopic (exact) mass is 325 g/mol. The van der Waals surface area contributed by atoms with E-state index in [9.17, 15) is 9.59 Å². The number of aromatic amines is 1. The Bertz CT molecular complexity index is 773. The first-order valence-electron chi connectivity index (χ1n) is 4.74. The normalized spacial score (nSPS) is 10.1. The van der Waals surface area contributed by atoms with Crippen LogP contribution in [0.25, 0.3) is 5.69 Å². The van der Waals surface area contributed by atoms with Gasteiger partial charge in [-0.2, -0.15) is 5.26 Å². The molecule has 7 heteroatoms. The Morgan fingerprint density at radius 2 is 2.11 bits per heavy atom. The maximum Gasteiger partial charge on any atom is 0.333 e. The van der Waals surface area contributed by atoms with E-state index in [0.717, 1.165) is 4.57 Å². The quantitative estimate of drug-likeness (QED) is 0.868. The topological polar surface area (TPSA) is 78.7 Å². The van der Waals surface area contributed by atoms with Crippen LogP contribution < -0.4 is 11.2 Å². The second-order valence-electron chi connectivity index (χ2n) is 3.38. The second-order valence-corrected chi connectivity index (χ2v) is 4.67. The Kier molecular flexibility index (Phi) is 3.36. The van der Waals surface area contributed by atoms with Crippen molar-refractivity contribution in [2.75, 3.05) is 0 Å². The molecule has 2 aromatic rings. The van der Waals surface area contributed by atoms with E-state index in [1.807, 2.05) is 0 Å². The van der Waals surface area contributed by atoms with E-state index in [0.29, 0.717) is 15.2 Å². The SMILES string of the molecule is N#Cc1cn(-c2cc(Cl)ccc2Br)c(=O)[nH]c1=O. The molecule has 0 atom stereocenters. The Morgan fingerprint density at radius 1 is 1.39 bits per heavy atom. The number of hydrogen-bond donors (Lipinski definition) is 1. The molecule has 1 N–H and O–H groups in total. The molecule has 1 aromatic carbocycles. The van der Waals surface area contributed by atoms with Crippen LogP contribution in [0.5, 0.6) is 0 Å². The fourth-order valence-electron chi connectivity index (χ4n) is 1.40. The van der Waals surface area contributed by atoms with Crippen molar-refractivity contribution in [1.82, 2.24) is 9.55 Å². The maximum atomic E-state index is 11.7. The smallest absolute Gasteiger partial charge is 0.273 e. The molecule has 1 aromatic heterocycles. The van der Waals surface area contributed by atoms with E-state index >= 15 is 0 Å². The minimum absolute atomic E-state index is 0.151. The van der Waals surface area contributed by atoms with Gasteiger partial charge in [0.2, 0.25) is 0 Å². The highest BCUT2D eigenvalue weighted by Crippen LogP contribution is 2.23. The van der Waals surface area contributed by atoms with Crippen LogP contribution in [-0.2, 0) is 0 Å². The number of hydrogen-bond acceptors (Lipinski definition) is 3. The zero-order chi connectivity index (χ0) is 13.3. The number of nitrogens with zero attached hydrogens (tertiary/aromatic N) is 2. The number of H-pyrrole nitrogens is 1. The lowest BCUT2D eigenvalue weighted by atomic mass is 10.3. The summed E-state index contributed by atoms with van der Waals surface area (Å²) in [5.41, 5.74) is -1.06. The van der Waals surface area contributed by atoms with Crippen molar-refractivity contribution in [2.24, 2.45) is 0 Å². The minimum atomic E-state index is -0.711. The average Bonchev–Trinajstić information content (AvgIpc) is 2.33. The lowest BCUT2D eigenvalue weighted by molar-refractivity contribution is 0.886. The zero-order valence-corrected chi connectivity index (χ0v) is 11.1. The molecule has 0 aliphatic heterocycles. The molecule has 0 saturated carbocycles. The van der Waals surface area contributed by atoms with Gasteiger partial charge in [-0.05, 0) is 34.1 Å². The lowest BCUT2D eigenvalue weighted by Crippen LogP contribution is -2.30. The van der Waals surface area contributed by atoms with Crippen molar-refractivity contribution in [3.8, 4) is 11.8 Å². The molecule has 0 spiro atoms. The van der Waals surface area contributed by atoms with Gasteiger partial charge in [-0.3, -0.25) is 14.3 Å². The predicted octanol–water partition coefficient (Wildman–Crippen LogP) is 1.81. The summed E-state index contributed by atoms with van der Waals surface area (Å²) in [7, 11) is 0. The lowest BCUT2D eigenvalue weighted by Gasteiger charge is -2.07. The largest absolute Gasteiger partial charge is 0.333 e. The fourth-order valence-corrected chi connectivity index (χ4v) is 2.00. The summed E-state index contributed by atoms with van der Waals surface area (Å²) in [4.78, 5) is 25.1. The molecule has 0 bridgehead atoms. The van der Waals surface area contributed by atoms with Crippen molar-refractivity contribution in [3.05, 3.63) is 60.3 Å². The van der Waals surface area contributed by atoms with E-state index in [4.69, 9.17) is 16.9 Å². The van der Waals surface area contributed by atoms with Gasteiger partial charge in [0.25, 0.3) is 5.56 Å². The van der Waals surface area contributed by atoms with Crippen molar-refractivity contribution in [1.29, 1.82) is 5.26 Å². The molecule has 0 radical (unpaired) electrons. The average molecular weight is 327 g/mol. The Morgan fingerprint density at radius 3 is 2.78 bits per heavy atom. The summed E-state index contributed by atoms with van der Waals surface area (Å²) in [5, 5.41) is 9.22. The number of aromatic nitrogens is 2. The summed E-state index contributed by atoms with van der Waals surface area (Å²) in [6, 6.07) is 6.58. The second kappa shape index (κ2) is 4.80. The highest BCUT2D eigenvalue weighted by molar-refractivity contribution is 9.10. The van der Waals surface area contributed by atoms with E-state index in [2.05, 4.69) is 20.9 Å². The summed E-state index contributed by atoms with van der Waals surface area (Å²) < 4.78 is 1.76. The van der Waals surface area contributed by atoms with Crippen molar-refractivity contribution in [3.63, 3.8) is 0 Å². The molecule has 0 aliphatic rings. The first-order valence-corrected chi connectivity index (χ1v) is 5.91. The van der Waals surface area contributed by atoms with Gasteiger partial charge in [0.1, 0.15) is 11.6 Å². The van der Waals surface area contributed by atoms with Gasteiger partial charge in [-0.25, -0.2) is 4.79 Å². The van der Waals surface area contributed by atoms with Crippen LogP contribution in [0.1, 0.15) is 5.56 Å². The van der Waals surface area contributed by atoms with Gasteiger partial charge in [0.15, 0.2) is 0 Å². The van der Waals surface area contributed by atoms with E-state index in [-0.39, 0.29) is 5.56 Å². The molecule has 0 saturated heterocycles. The van der Waals surface area contributed by atoms with Gasteiger partial charge in [0.05, 0.1) is 5.69 Å². The molecule has 0 aliphatic carbocycles. The third kappa shape index (κ3) is 2.23. The first-order chi connectivity index (χ1) is 8.52. The van der Waals surface area contributed by atoms with Gasteiger partial charge in [-0.1, -0.05) is 11.6 Å². The highest BCUT2D eigenvalue weighted by Gasteiger charge is 2.09. The molecule has 1 heterocycles. The number of benzene rings is 1. The molecule has 0 fully saturated rings. The van der Waals surface area contributed by atoms with E-state index in [1.165, 1.54) is 6.20 Å². The molecule has 90 valence electrons. The number of halogens is 2. The number of nitrogens with one attached hydrogen (secondary N) is 1. The summed E-state index contributed by atoms with van der Waals surface area (Å²) in [6.07, 6.45) is 1.18. The van der Waals surface area contributed by atoms with Crippen molar-refractivity contribution >= 4 is 27.5 Å². The van der Waals surface area contributed by atoms with E-state index in [1.54, 1.807) is 24.3 Å². The molecule has 5 nitrogen and oxygen atoms in total. The highest BCUT2D eigenvalue weighted by atomic mass is 79.9. The third-order valence-corrected chi connectivity index (χ3v) is 3.14. The van der Waals surface area contributed by atoms with Crippen LogP contribution in [0.15, 0.2) is 38.5 Å². The molecule has 18 heavy (non-hydrogen) atoms.